The van der Waals surface area contributed by atoms with Crippen molar-refractivity contribution in [3.8, 4) is 5.75 Å². The zero-order valence-electron chi connectivity index (χ0n) is 16.2. The first-order valence-electron chi connectivity index (χ1n) is 9.22. The summed E-state index contributed by atoms with van der Waals surface area (Å²) in [6, 6.07) is 14.7. The van der Waals surface area contributed by atoms with Crippen molar-refractivity contribution in [3.05, 3.63) is 59.7 Å². The van der Waals surface area contributed by atoms with Gasteiger partial charge in [0.1, 0.15) is 5.75 Å². The third kappa shape index (κ3) is 5.93. The quantitative estimate of drug-likeness (QED) is 0.715. The van der Waals surface area contributed by atoms with E-state index in [1.807, 2.05) is 42.5 Å². The molecule has 1 heterocycles. The fourth-order valence-corrected chi connectivity index (χ4v) is 3.95. The maximum Gasteiger partial charge on any atom is 0.321 e. The molecule has 2 aromatic rings. The number of carbonyl (C=O) groups is 1. The Morgan fingerprint density at radius 1 is 1.17 bits per heavy atom. The Labute approximate surface area is 170 Å². The van der Waals surface area contributed by atoms with Crippen molar-refractivity contribution >= 4 is 21.7 Å². The fraction of sp³-hybridized carbons (Fsp3) is 0.350. The maximum atomic E-state index is 12.4. The summed E-state index contributed by atoms with van der Waals surface area (Å²) in [4.78, 5) is 13.8. The Bertz CT molecular complexity index is 947. The van der Waals surface area contributed by atoms with Crippen LogP contribution in [0.25, 0.3) is 0 Å². The Hall–Kier alpha value is -2.62. The molecule has 1 fully saturated rings. The highest BCUT2D eigenvalue weighted by Crippen LogP contribution is 2.18. The number of hydrogen-bond donors (Lipinski definition) is 2. The number of nitrogens with two attached hydrogens (primary N) is 1. The highest BCUT2D eigenvalue weighted by atomic mass is 32.2. The van der Waals surface area contributed by atoms with Crippen molar-refractivity contribution in [3.63, 3.8) is 0 Å². The number of nitrogens with zero attached hydrogens (tertiary/aromatic N) is 1. The van der Waals surface area contributed by atoms with E-state index in [9.17, 15) is 13.2 Å². The molecule has 1 aliphatic rings. The zero-order valence-corrected chi connectivity index (χ0v) is 17.0. The van der Waals surface area contributed by atoms with E-state index < -0.39 is 15.3 Å². The molecule has 3 N–H and O–H groups in total. The number of carbonyl (C=O) groups excluding carboxylic acids is 1. The first kappa shape index (κ1) is 21.1. The molecule has 0 aliphatic carbocycles. The molecule has 0 radical (unpaired) electrons. The average molecular weight is 420 g/mol. The molecule has 3 rings (SSSR count). The van der Waals surface area contributed by atoms with Crippen molar-refractivity contribution < 1.29 is 22.7 Å². The van der Waals surface area contributed by atoms with Crippen LogP contribution in [0.1, 0.15) is 17.5 Å². The number of rotatable bonds is 7. The van der Waals surface area contributed by atoms with Crippen molar-refractivity contribution in [1.29, 1.82) is 0 Å². The lowest BCUT2D eigenvalue weighted by atomic mass is 10.2. The number of nitrogens with one attached hydrogen (secondary N) is 1. The molecule has 1 aliphatic heterocycles. The largest absolute Gasteiger partial charge is 0.497 e. The fourth-order valence-electron chi connectivity index (χ4n) is 3.13. The lowest BCUT2D eigenvalue weighted by molar-refractivity contribution is 0.107. The van der Waals surface area contributed by atoms with Gasteiger partial charge in [-0.15, -0.1) is 0 Å². The molecule has 0 unspecified atom stereocenters. The minimum absolute atomic E-state index is 0.106. The minimum Gasteiger partial charge on any atom is -0.497 e. The summed E-state index contributed by atoms with van der Waals surface area (Å²) in [5.41, 5.74) is 2.58. The highest BCUT2D eigenvalue weighted by Gasteiger charge is 2.33. The van der Waals surface area contributed by atoms with Gasteiger partial charge >= 0.3 is 6.03 Å². The van der Waals surface area contributed by atoms with Crippen LogP contribution in [-0.4, -0.2) is 44.8 Å². The number of benzene rings is 2. The van der Waals surface area contributed by atoms with E-state index in [1.165, 1.54) is 4.90 Å². The number of methoxy groups -OCH3 is 1. The first-order chi connectivity index (χ1) is 13.8. The minimum atomic E-state index is -3.63. The number of sulfonamides is 1. The molecule has 8 nitrogen and oxygen atoms in total. The summed E-state index contributed by atoms with van der Waals surface area (Å²) < 4.78 is 33.8. The Morgan fingerprint density at radius 3 is 2.55 bits per heavy atom. The summed E-state index contributed by atoms with van der Waals surface area (Å²) in [6.07, 6.45) is 0.353. The van der Waals surface area contributed by atoms with Crippen LogP contribution in [0.3, 0.4) is 0 Å². The number of amides is 2. The van der Waals surface area contributed by atoms with E-state index in [2.05, 4.69) is 5.32 Å². The van der Waals surface area contributed by atoms with Crippen LogP contribution >= 0.6 is 0 Å². The number of anilines is 1. The van der Waals surface area contributed by atoms with Gasteiger partial charge in [0.15, 0.2) is 0 Å². The predicted octanol–water partition coefficient (Wildman–Crippen LogP) is 2.31. The van der Waals surface area contributed by atoms with Crippen LogP contribution in [0.5, 0.6) is 5.75 Å². The molecule has 29 heavy (non-hydrogen) atoms. The van der Waals surface area contributed by atoms with E-state index in [0.717, 1.165) is 16.9 Å². The van der Waals surface area contributed by atoms with Gasteiger partial charge in [-0.05, 0) is 41.8 Å². The van der Waals surface area contributed by atoms with Gasteiger partial charge < -0.3 is 19.7 Å². The van der Waals surface area contributed by atoms with Crippen molar-refractivity contribution in [2.45, 2.75) is 24.9 Å². The maximum absolute atomic E-state index is 12.4. The molecule has 0 aromatic heterocycles. The van der Waals surface area contributed by atoms with E-state index in [1.54, 1.807) is 13.2 Å². The van der Waals surface area contributed by atoms with Crippen LogP contribution in [0.15, 0.2) is 48.5 Å². The molecule has 2 amide bonds. The lowest BCUT2D eigenvalue weighted by Gasteiger charge is -2.17. The molecule has 1 atom stereocenters. The molecule has 0 saturated carbocycles. The van der Waals surface area contributed by atoms with Crippen LogP contribution in [0, 0.1) is 0 Å². The Balaban J connectivity index is 1.50. The second-order valence-corrected chi connectivity index (χ2v) is 8.76. The SMILES string of the molecule is COc1ccc(COCc2cccc(NC(=O)N3CC[C@@H](S(N)(=O)=O)C3)c2)cc1. The molecule has 2 aromatic carbocycles. The Morgan fingerprint density at radius 2 is 1.90 bits per heavy atom. The van der Waals surface area contributed by atoms with E-state index in [4.69, 9.17) is 14.6 Å². The first-order valence-corrected chi connectivity index (χ1v) is 10.8. The highest BCUT2D eigenvalue weighted by molar-refractivity contribution is 7.89. The van der Waals surface area contributed by atoms with Crippen molar-refractivity contribution in [2.75, 3.05) is 25.5 Å². The topological polar surface area (TPSA) is 111 Å². The van der Waals surface area contributed by atoms with E-state index in [-0.39, 0.29) is 12.6 Å². The number of hydrogen-bond acceptors (Lipinski definition) is 5. The summed E-state index contributed by atoms with van der Waals surface area (Å²) in [5, 5.41) is 7.27. The molecular formula is C20H25N3O5S. The third-order valence-corrected chi connectivity index (χ3v) is 6.09. The van der Waals surface area contributed by atoms with Gasteiger partial charge in [0, 0.05) is 18.8 Å². The van der Waals surface area contributed by atoms with Gasteiger partial charge in [0.25, 0.3) is 0 Å². The summed E-state index contributed by atoms with van der Waals surface area (Å²) in [6.45, 7) is 1.32. The summed E-state index contributed by atoms with van der Waals surface area (Å²) in [7, 11) is -2.01. The molecule has 0 spiro atoms. The van der Waals surface area contributed by atoms with Crippen LogP contribution in [0.4, 0.5) is 10.5 Å². The van der Waals surface area contributed by atoms with Gasteiger partial charge in [-0.25, -0.2) is 18.4 Å². The van der Waals surface area contributed by atoms with Gasteiger partial charge in [-0.2, -0.15) is 0 Å². The van der Waals surface area contributed by atoms with Crippen LogP contribution < -0.4 is 15.2 Å². The van der Waals surface area contributed by atoms with Crippen molar-refractivity contribution in [1.82, 2.24) is 4.90 Å². The summed E-state index contributed by atoms with van der Waals surface area (Å²) in [5.74, 6) is 0.797. The van der Waals surface area contributed by atoms with Gasteiger partial charge in [-0.3, -0.25) is 0 Å². The monoisotopic (exact) mass is 419 g/mol. The average Bonchev–Trinajstić information content (AvgIpc) is 3.20. The molecule has 156 valence electrons. The second kappa shape index (κ2) is 9.25. The normalized spacial score (nSPS) is 16.6. The Kier molecular flexibility index (Phi) is 6.73. The van der Waals surface area contributed by atoms with Gasteiger partial charge in [-0.1, -0.05) is 24.3 Å². The molecule has 1 saturated heterocycles. The van der Waals surface area contributed by atoms with Crippen molar-refractivity contribution in [2.24, 2.45) is 5.14 Å². The third-order valence-electron chi connectivity index (χ3n) is 4.77. The molecule has 0 bridgehead atoms. The predicted molar refractivity (Wildman–Crippen MR) is 110 cm³/mol. The zero-order chi connectivity index (χ0) is 20.9. The van der Waals surface area contributed by atoms with E-state index >= 15 is 0 Å². The lowest BCUT2D eigenvalue weighted by Crippen LogP contribution is -2.36. The van der Waals surface area contributed by atoms with Gasteiger partial charge in [0.05, 0.1) is 25.6 Å². The smallest absolute Gasteiger partial charge is 0.321 e. The van der Waals surface area contributed by atoms with Crippen LogP contribution in [-0.2, 0) is 28.0 Å². The number of ether oxygens (including phenoxy) is 2. The summed E-state index contributed by atoms with van der Waals surface area (Å²) >= 11 is 0. The standard InChI is InChI=1S/C20H25N3O5S/c1-27-18-7-5-15(6-8-18)13-28-14-16-3-2-4-17(11-16)22-20(24)23-10-9-19(12-23)29(21,25)26/h2-8,11,19H,9-10,12-14H2,1H3,(H,22,24)(H2,21,25,26)/t19-/m1/s1. The number of urea groups is 1. The molecular weight excluding hydrogens is 394 g/mol. The molecule has 9 heteroatoms. The number of likely N-dealkylation sites (tertiary alicyclic amines) is 1. The van der Waals surface area contributed by atoms with Crippen LogP contribution in [0.2, 0.25) is 0 Å². The number of primary sulfonamides is 1. The van der Waals surface area contributed by atoms with Gasteiger partial charge in [0.2, 0.25) is 10.0 Å². The second-order valence-electron chi connectivity index (χ2n) is 6.92. The van der Waals surface area contributed by atoms with E-state index in [0.29, 0.717) is 31.9 Å².